The maximum absolute atomic E-state index is 12.7. The van der Waals surface area contributed by atoms with Gasteiger partial charge in [0.2, 0.25) is 5.88 Å². The fourth-order valence-electron chi connectivity index (χ4n) is 4.28. The molecule has 6 nitrogen and oxygen atoms in total. The number of carbonyl (C=O) groups excluding carboxylic acids is 1. The molecule has 30 heavy (non-hydrogen) atoms. The second-order valence-electron chi connectivity index (χ2n) is 8.51. The molecule has 0 radical (unpaired) electrons. The summed E-state index contributed by atoms with van der Waals surface area (Å²) in [5.41, 5.74) is 4.15. The standard InChI is InChI=1S/C24H31N3O3/c1-30-23-13-20(12-21(26-23)11-17-5-4-6-17)24(29)25-14-22(28)16-27-10-9-18-7-2-3-8-19(18)15-27/h2-3,7-8,12-13,17,22,28H,4-6,9-11,14-16H2,1H3,(H,25,29)/t22-/m0/s1. The van der Waals surface area contributed by atoms with Crippen molar-refractivity contribution in [3.8, 4) is 5.88 Å². The molecule has 0 bridgehead atoms. The molecule has 1 saturated carbocycles. The molecule has 4 rings (SSSR count). The fraction of sp³-hybridized carbons (Fsp3) is 0.500. The van der Waals surface area contributed by atoms with E-state index >= 15 is 0 Å². The Morgan fingerprint density at radius 1 is 1.30 bits per heavy atom. The van der Waals surface area contributed by atoms with E-state index in [1.165, 1.54) is 30.4 Å². The van der Waals surface area contributed by atoms with Gasteiger partial charge < -0.3 is 15.2 Å². The first-order valence-corrected chi connectivity index (χ1v) is 10.9. The van der Waals surface area contributed by atoms with Gasteiger partial charge in [0.1, 0.15) is 0 Å². The van der Waals surface area contributed by atoms with E-state index < -0.39 is 6.10 Å². The molecule has 2 aliphatic rings. The van der Waals surface area contributed by atoms with Gasteiger partial charge in [-0.1, -0.05) is 43.5 Å². The highest BCUT2D eigenvalue weighted by atomic mass is 16.5. The third-order valence-electron chi connectivity index (χ3n) is 6.23. The van der Waals surface area contributed by atoms with E-state index in [1.807, 2.05) is 6.07 Å². The van der Waals surface area contributed by atoms with E-state index in [-0.39, 0.29) is 12.5 Å². The Morgan fingerprint density at radius 2 is 2.10 bits per heavy atom. The third-order valence-corrected chi connectivity index (χ3v) is 6.23. The minimum Gasteiger partial charge on any atom is -0.481 e. The lowest BCUT2D eigenvalue weighted by Crippen LogP contribution is -2.42. The zero-order chi connectivity index (χ0) is 20.9. The van der Waals surface area contributed by atoms with Crippen LogP contribution in [0.4, 0.5) is 0 Å². The van der Waals surface area contributed by atoms with Crippen molar-refractivity contribution in [2.45, 2.75) is 44.8 Å². The number of aliphatic hydroxyl groups is 1. The molecule has 0 unspecified atom stereocenters. The maximum Gasteiger partial charge on any atom is 0.251 e. The van der Waals surface area contributed by atoms with Gasteiger partial charge in [-0.2, -0.15) is 0 Å². The van der Waals surface area contributed by atoms with Crippen LogP contribution in [0.25, 0.3) is 0 Å². The number of amides is 1. The summed E-state index contributed by atoms with van der Waals surface area (Å²) in [5, 5.41) is 13.3. The van der Waals surface area contributed by atoms with Gasteiger partial charge in [-0.15, -0.1) is 0 Å². The second kappa shape index (κ2) is 9.58. The SMILES string of the molecule is COc1cc(C(=O)NC[C@H](O)CN2CCc3ccccc3C2)cc(CC2CCC2)n1. The molecule has 0 spiro atoms. The Morgan fingerprint density at radius 3 is 2.83 bits per heavy atom. The van der Waals surface area contributed by atoms with Crippen molar-refractivity contribution < 1.29 is 14.6 Å². The van der Waals surface area contributed by atoms with Crippen LogP contribution in [0, 0.1) is 5.92 Å². The Hall–Kier alpha value is -2.44. The van der Waals surface area contributed by atoms with Crippen molar-refractivity contribution >= 4 is 5.91 Å². The minimum absolute atomic E-state index is 0.200. The van der Waals surface area contributed by atoms with Gasteiger partial charge >= 0.3 is 0 Å². The Balaban J connectivity index is 1.30. The predicted octanol–water partition coefficient (Wildman–Crippen LogP) is 2.58. The highest BCUT2D eigenvalue weighted by Crippen LogP contribution is 2.30. The number of carbonyl (C=O) groups is 1. The van der Waals surface area contributed by atoms with E-state index in [2.05, 4.69) is 39.5 Å². The number of nitrogens with zero attached hydrogens (tertiary/aromatic N) is 2. The van der Waals surface area contributed by atoms with Crippen LogP contribution in [-0.2, 0) is 19.4 Å². The number of nitrogens with one attached hydrogen (secondary N) is 1. The third kappa shape index (κ3) is 5.18. The van der Waals surface area contributed by atoms with Crippen LogP contribution in [0.3, 0.4) is 0 Å². The number of aliphatic hydroxyl groups excluding tert-OH is 1. The van der Waals surface area contributed by atoms with Crippen LogP contribution < -0.4 is 10.1 Å². The number of benzene rings is 1. The van der Waals surface area contributed by atoms with Gasteiger partial charge in [-0.05, 0) is 36.0 Å². The summed E-state index contributed by atoms with van der Waals surface area (Å²) in [7, 11) is 1.57. The van der Waals surface area contributed by atoms with Gasteiger partial charge in [-0.3, -0.25) is 9.69 Å². The summed E-state index contributed by atoms with van der Waals surface area (Å²) in [4.78, 5) is 19.4. The number of rotatable bonds is 8. The average Bonchev–Trinajstić information content (AvgIpc) is 2.74. The number of methoxy groups -OCH3 is 1. The molecule has 1 atom stereocenters. The number of hydrogen-bond donors (Lipinski definition) is 2. The summed E-state index contributed by atoms with van der Waals surface area (Å²) in [6.07, 6.45) is 5.01. The Labute approximate surface area is 178 Å². The monoisotopic (exact) mass is 409 g/mol. The zero-order valence-corrected chi connectivity index (χ0v) is 17.6. The number of hydrogen-bond acceptors (Lipinski definition) is 5. The molecule has 1 fully saturated rings. The molecule has 2 aromatic rings. The second-order valence-corrected chi connectivity index (χ2v) is 8.51. The molecule has 1 aromatic carbocycles. The molecule has 2 heterocycles. The van der Waals surface area contributed by atoms with Crippen LogP contribution in [0.2, 0.25) is 0 Å². The molecular weight excluding hydrogens is 378 g/mol. The first kappa shape index (κ1) is 20.8. The zero-order valence-electron chi connectivity index (χ0n) is 17.6. The lowest BCUT2D eigenvalue weighted by Gasteiger charge is -2.30. The van der Waals surface area contributed by atoms with Crippen molar-refractivity contribution in [3.05, 3.63) is 58.8 Å². The van der Waals surface area contributed by atoms with E-state index in [1.54, 1.807) is 13.2 Å². The van der Waals surface area contributed by atoms with Crippen LogP contribution in [0.15, 0.2) is 36.4 Å². The first-order chi connectivity index (χ1) is 14.6. The van der Waals surface area contributed by atoms with Crippen LogP contribution in [0.1, 0.15) is 46.4 Å². The summed E-state index contributed by atoms with van der Waals surface area (Å²) in [6, 6.07) is 12.0. The molecular formula is C24H31N3O3. The van der Waals surface area contributed by atoms with Crippen molar-refractivity contribution in [2.75, 3.05) is 26.7 Å². The summed E-state index contributed by atoms with van der Waals surface area (Å²) in [6.45, 7) is 2.53. The minimum atomic E-state index is -0.614. The lowest BCUT2D eigenvalue weighted by atomic mass is 9.82. The quantitative estimate of drug-likeness (QED) is 0.701. The highest BCUT2D eigenvalue weighted by molar-refractivity contribution is 5.94. The van der Waals surface area contributed by atoms with Gasteiger partial charge in [0, 0.05) is 43.5 Å². The highest BCUT2D eigenvalue weighted by Gasteiger charge is 2.21. The average molecular weight is 410 g/mol. The number of ether oxygens (including phenoxy) is 1. The fourth-order valence-corrected chi connectivity index (χ4v) is 4.28. The number of fused-ring (bicyclic) bond motifs is 1. The summed E-state index contributed by atoms with van der Waals surface area (Å²) < 4.78 is 5.29. The molecule has 0 saturated heterocycles. The van der Waals surface area contributed by atoms with E-state index in [0.29, 0.717) is 23.9 Å². The topological polar surface area (TPSA) is 74.7 Å². The van der Waals surface area contributed by atoms with Gasteiger partial charge in [0.05, 0.1) is 13.2 Å². The van der Waals surface area contributed by atoms with E-state index in [4.69, 9.17) is 4.74 Å². The van der Waals surface area contributed by atoms with Gasteiger partial charge in [0.15, 0.2) is 0 Å². The van der Waals surface area contributed by atoms with E-state index in [0.717, 1.165) is 31.6 Å². The first-order valence-electron chi connectivity index (χ1n) is 10.9. The van der Waals surface area contributed by atoms with Gasteiger partial charge in [-0.25, -0.2) is 4.98 Å². The molecule has 6 heteroatoms. The van der Waals surface area contributed by atoms with Gasteiger partial charge in [0.25, 0.3) is 5.91 Å². The smallest absolute Gasteiger partial charge is 0.251 e. The van der Waals surface area contributed by atoms with Crippen LogP contribution in [0.5, 0.6) is 5.88 Å². The summed E-state index contributed by atoms with van der Waals surface area (Å²) in [5.74, 6) is 0.926. The molecule has 1 amide bonds. The predicted molar refractivity (Wildman–Crippen MR) is 116 cm³/mol. The molecule has 1 aromatic heterocycles. The van der Waals surface area contributed by atoms with Crippen molar-refractivity contribution in [3.63, 3.8) is 0 Å². The molecule has 2 N–H and O–H groups in total. The lowest BCUT2D eigenvalue weighted by molar-refractivity contribution is 0.0841. The van der Waals surface area contributed by atoms with Crippen molar-refractivity contribution in [1.29, 1.82) is 0 Å². The number of β-amino-alcohol motifs (C(OH)–C–C–N with tert-alkyl or cyclic N) is 1. The number of pyridine rings is 1. The van der Waals surface area contributed by atoms with Crippen molar-refractivity contribution in [2.24, 2.45) is 5.92 Å². The normalized spacial score (nSPS) is 17.7. The molecule has 1 aliphatic heterocycles. The summed E-state index contributed by atoms with van der Waals surface area (Å²) >= 11 is 0. The Bertz CT molecular complexity index is 882. The Kier molecular flexibility index (Phi) is 6.65. The van der Waals surface area contributed by atoms with Crippen LogP contribution in [-0.4, -0.2) is 53.7 Å². The van der Waals surface area contributed by atoms with Crippen molar-refractivity contribution in [1.82, 2.24) is 15.2 Å². The largest absolute Gasteiger partial charge is 0.481 e. The number of aromatic nitrogens is 1. The van der Waals surface area contributed by atoms with E-state index in [9.17, 15) is 9.90 Å². The molecule has 160 valence electrons. The maximum atomic E-state index is 12.7. The molecule has 1 aliphatic carbocycles. The van der Waals surface area contributed by atoms with Crippen LogP contribution >= 0.6 is 0 Å².